The van der Waals surface area contributed by atoms with Crippen LogP contribution in [0, 0.1) is 0 Å². The van der Waals surface area contributed by atoms with Gasteiger partial charge in [0.15, 0.2) is 0 Å². The van der Waals surface area contributed by atoms with Gasteiger partial charge in [-0.25, -0.2) is 9.97 Å². The van der Waals surface area contributed by atoms with E-state index in [0.29, 0.717) is 25.1 Å². The number of aromatic nitrogens is 2. The van der Waals surface area contributed by atoms with Gasteiger partial charge >= 0.3 is 0 Å². The SMILES string of the molecule is CCOc1cc(N(CCCN)C2CC2)ncn1. The zero-order chi connectivity index (χ0) is 12.1. The molecule has 0 bridgehead atoms. The van der Waals surface area contributed by atoms with Crippen molar-refractivity contribution in [2.45, 2.75) is 32.2 Å². The lowest BCUT2D eigenvalue weighted by Crippen LogP contribution is -2.29. The molecule has 5 nitrogen and oxygen atoms in total. The summed E-state index contributed by atoms with van der Waals surface area (Å²) in [6.07, 6.45) is 5.06. The molecule has 94 valence electrons. The predicted molar refractivity (Wildman–Crippen MR) is 67.2 cm³/mol. The van der Waals surface area contributed by atoms with E-state index in [4.69, 9.17) is 10.5 Å². The highest BCUT2D eigenvalue weighted by atomic mass is 16.5. The molecule has 0 radical (unpaired) electrons. The Kier molecular flexibility index (Phi) is 4.14. The summed E-state index contributed by atoms with van der Waals surface area (Å²) in [7, 11) is 0. The normalized spacial score (nSPS) is 14.7. The first-order valence-corrected chi connectivity index (χ1v) is 6.26. The molecule has 2 N–H and O–H groups in total. The minimum Gasteiger partial charge on any atom is -0.478 e. The quantitative estimate of drug-likeness (QED) is 0.770. The maximum absolute atomic E-state index is 5.57. The minimum atomic E-state index is 0.628. The molecule has 0 saturated heterocycles. The molecule has 0 unspecified atom stereocenters. The van der Waals surface area contributed by atoms with E-state index in [1.165, 1.54) is 12.8 Å². The standard InChI is InChI=1S/C12H20N4O/c1-2-17-12-8-11(14-9-15-12)16(7-3-6-13)10-4-5-10/h8-10H,2-7,13H2,1H3. The van der Waals surface area contributed by atoms with E-state index in [0.717, 1.165) is 18.8 Å². The summed E-state index contributed by atoms with van der Waals surface area (Å²) in [5.74, 6) is 1.61. The van der Waals surface area contributed by atoms with Crippen LogP contribution in [0.25, 0.3) is 0 Å². The van der Waals surface area contributed by atoms with Crippen molar-refractivity contribution in [3.05, 3.63) is 12.4 Å². The summed E-state index contributed by atoms with van der Waals surface area (Å²) < 4.78 is 5.40. The molecule has 17 heavy (non-hydrogen) atoms. The van der Waals surface area contributed by atoms with Gasteiger partial charge in [-0.2, -0.15) is 0 Å². The minimum absolute atomic E-state index is 0.628. The second kappa shape index (κ2) is 5.82. The molecule has 0 spiro atoms. The summed E-state index contributed by atoms with van der Waals surface area (Å²) in [6, 6.07) is 2.55. The van der Waals surface area contributed by atoms with Crippen molar-refractivity contribution in [3.8, 4) is 5.88 Å². The van der Waals surface area contributed by atoms with Crippen LogP contribution in [0.2, 0.25) is 0 Å². The Bertz CT molecular complexity index is 354. The van der Waals surface area contributed by atoms with E-state index in [9.17, 15) is 0 Å². The monoisotopic (exact) mass is 236 g/mol. The van der Waals surface area contributed by atoms with Crippen molar-refractivity contribution in [2.24, 2.45) is 5.73 Å². The highest BCUT2D eigenvalue weighted by molar-refractivity contribution is 5.43. The Hall–Kier alpha value is -1.36. The van der Waals surface area contributed by atoms with Crippen molar-refractivity contribution < 1.29 is 4.74 Å². The lowest BCUT2D eigenvalue weighted by Gasteiger charge is -2.23. The Morgan fingerprint density at radius 2 is 2.29 bits per heavy atom. The highest BCUT2D eigenvalue weighted by Gasteiger charge is 2.29. The van der Waals surface area contributed by atoms with Crippen molar-refractivity contribution in [3.63, 3.8) is 0 Å². The number of hydrogen-bond acceptors (Lipinski definition) is 5. The second-order valence-corrected chi connectivity index (χ2v) is 4.21. The third-order valence-corrected chi connectivity index (χ3v) is 2.80. The average molecular weight is 236 g/mol. The maximum atomic E-state index is 5.57. The summed E-state index contributed by atoms with van der Waals surface area (Å²) in [5.41, 5.74) is 5.57. The molecule has 0 aromatic carbocycles. The van der Waals surface area contributed by atoms with Gasteiger partial charge in [0, 0.05) is 18.7 Å². The van der Waals surface area contributed by atoms with Crippen molar-refractivity contribution in [1.29, 1.82) is 0 Å². The zero-order valence-electron chi connectivity index (χ0n) is 10.3. The molecule has 1 aromatic heterocycles. The predicted octanol–water partition coefficient (Wildman–Crippen LogP) is 1.19. The topological polar surface area (TPSA) is 64.3 Å². The van der Waals surface area contributed by atoms with Gasteiger partial charge in [0.2, 0.25) is 5.88 Å². The molecule has 1 saturated carbocycles. The van der Waals surface area contributed by atoms with Crippen molar-refractivity contribution in [2.75, 3.05) is 24.6 Å². The van der Waals surface area contributed by atoms with E-state index in [1.54, 1.807) is 6.33 Å². The molecule has 2 rings (SSSR count). The number of anilines is 1. The van der Waals surface area contributed by atoms with Gasteiger partial charge in [0.1, 0.15) is 12.1 Å². The van der Waals surface area contributed by atoms with Crippen molar-refractivity contribution >= 4 is 5.82 Å². The van der Waals surface area contributed by atoms with Gasteiger partial charge in [0.05, 0.1) is 6.61 Å². The first kappa shape index (κ1) is 12.1. The Labute approximate surface area is 102 Å². The Morgan fingerprint density at radius 3 is 2.94 bits per heavy atom. The fourth-order valence-corrected chi connectivity index (χ4v) is 1.85. The molecule has 1 aliphatic rings. The van der Waals surface area contributed by atoms with Gasteiger partial charge in [0.25, 0.3) is 0 Å². The van der Waals surface area contributed by atoms with E-state index < -0.39 is 0 Å². The third kappa shape index (κ3) is 3.30. The fraction of sp³-hybridized carbons (Fsp3) is 0.667. The van der Waals surface area contributed by atoms with E-state index in [1.807, 2.05) is 13.0 Å². The third-order valence-electron chi connectivity index (χ3n) is 2.80. The number of hydrogen-bond donors (Lipinski definition) is 1. The summed E-state index contributed by atoms with van der Waals surface area (Å²) in [6.45, 7) is 4.26. The highest BCUT2D eigenvalue weighted by Crippen LogP contribution is 2.31. The number of nitrogens with zero attached hydrogens (tertiary/aromatic N) is 3. The molecule has 0 atom stereocenters. The fourth-order valence-electron chi connectivity index (χ4n) is 1.85. The smallest absolute Gasteiger partial charge is 0.218 e. The van der Waals surface area contributed by atoms with Gasteiger partial charge in [-0.3, -0.25) is 0 Å². The van der Waals surface area contributed by atoms with Crippen LogP contribution >= 0.6 is 0 Å². The van der Waals surface area contributed by atoms with Crippen LogP contribution in [0.1, 0.15) is 26.2 Å². The van der Waals surface area contributed by atoms with Gasteiger partial charge < -0.3 is 15.4 Å². The maximum Gasteiger partial charge on any atom is 0.218 e. The Balaban J connectivity index is 2.08. The van der Waals surface area contributed by atoms with Crippen LogP contribution < -0.4 is 15.4 Å². The van der Waals surface area contributed by atoms with Crippen LogP contribution in [0.4, 0.5) is 5.82 Å². The van der Waals surface area contributed by atoms with Crippen LogP contribution in [0.5, 0.6) is 5.88 Å². The Morgan fingerprint density at radius 1 is 1.47 bits per heavy atom. The van der Waals surface area contributed by atoms with Crippen LogP contribution in [0.3, 0.4) is 0 Å². The summed E-state index contributed by atoms with van der Waals surface area (Å²) in [4.78, 5) is 10.7. The number of nitrogens with two attached hydrogens (primary N) is 1. The lowest BCUT2D eigenvalue weighted by atomic mass is 10.3. The molecular formula is C12H20N4O. The van der Waals surface area contributed by atoms with Crippen molar-refractivity contribution in [1.82, 2.24) is 9.97 Å². The first-order chi connectivity index (χ1) is 8.35. The average Bonchev–Trinajstić information content (AvgIpc) is 3.15. The molecule has 5 heteroatoms. The summed E-state index contributed by atoms with van der Waals surface area (Å²) in [5, 5.41) is 0. The molecular weight excluding hydrogens is 216 g/mol. The van der Waals surface area contributed by atoms with E-state index >= 15 is 0 Å². The second-order valence-electron chi connectivity index (χ2n) is 4.21. The van der Waals surface area contributed by atoms with Crippen LogP contribution in [-0.4, -0.2) is 35.7 Å². The van der Waals surface area contributed by atoms with Crippen LogP contribution in [0.15, 0.2) is 12.4 Å². The lowest BCUT2D eigenvalue weighted by molar-refractivity contribution is 0.326. The van der Waals surface area contributed by atoms with Gasteiger partial charge in [-0.1, -0.05) is 0 Å². The molecule has 1 aliphatic carbocycles. The van der Waals surface area contributed by atoms with E-state index in [-0.39, 0.29) is 0 Å². The molecule has 0 aliphatic heterocycles. The first-order valence-electron chi connectivity index (χ1n) is 6.26. The largest absolute Gasteiger partial charge is 0.478 e. The number of ether oxygens (including phenoxy) is 1. The number of rotatable bonds is 7. The van der Waals surface area contributed by atoms with Crippen LogP contribution in [-0.2, 0) is 0 Å². The molecule has 1 fully saturated rings. The zero-order valence-corrected chi connectivity index (χ0v) is 10.3. The summed E-state index contributed by atoms with van der Waals surface area (Å²) >= 11 is 0. The van der Waals surface area contributed by atoms with E-state index in [2.05, 4.69) is 14.9 Å². The van der Waals surface area contributed by atoms with Gasteiger partial charge in [-0.15, -0.1) is 0 Å². The molecule has 1 heterocycles. The molecule has 0 amide bonds. The van der Waals surface area contributed by atoms with Gasteiger partial charge in [-0.05, 0) is 32.7 Å². The molecule has 1 aromatic rings.